The molecule has 0 unspecified atom stereocenters. The summed E-state index contributed by atoms with van der Waals surface area (Å²) in [5.41, 5.74) is 1.55. The maximum atomic E-state index is 12.0. The van der Waals surface area contributed by atoms with Crippen LogP contribution in [0.15, 0.2) is 42.5 Å². The van der Waals surface area contributed by atoms with Gasteiger partial charge in [-0.25, -0.2) is 0 Å². The molecule has 0 saturated heterocycles. The zero-order valence-corrected chi connectivity index (χ0v) is 14.1. The van der Waals surface area contributed by atoms with Gasteiger partial charge in [-0.3, -0.25) is 4.79 Å². The van der Waals surface area contributed by atoms with Crippen molar-refractivity contribution in [1.29, 1.82) is 0 Å². The minimum Gasteiger partial charge on any atom is -0.324 e. The van der Waals surface area contributed by atoms with Crippen LogP contribution in [0.2, 0.25) is 15.1 Å². The monoisotopic (exact) mass is 356 g/mol. The van der Waals surface area contributed by atoms with Crippen LogP contribution in [0.5, 0.6) is 0 Å². The van der Waals surface area contributed by atoms with E-state index in [1.54, 1.807) is 18.2 Å². The van der Waals surface area contributed by atoms with Gasteiger partial charge in [0.2, 0.25) is 5.91 Å². The lowest BCUT2D eigenvalue weighted by atomic mass is 10.1. The van der Waals surface area contributed by atoms with Crippen molar-refractivity contribution in [2.75, 3.05) is 11.9 Å². The maximum Gasteiger partial charge on any atom is 0.238 e. The van der Waals surface area contributed by atoms with E-state index >= 15 is 0 Å². The number of anilines is 1. The maximum absolute atomic E-state index is 12.0. The molecule has 0 heterocycles. The Kier molecular flexibility index (Phi) is 6.09. The second kappa shape index (κ2) is 7.84. The van der Waals surface area contributed by atoms with Gasteiger partial charge in [0.25, 0.3) is 0 Å². The Balaban J connectivity index is 1.89. The first-order chi connectivity index (χ1) is 10.5. The van der Waals surface area contributed by atoms with E-state index in [2.05, 4.69) is 10.6 Å². The number of carbonyl (C=O) groups is 1. The van der Waals surface area contributed by atoms with Gasteiger partial charge in [0.1, 0.15) is 0 Å². The van der Waals surface area contributed by atoms with Crippen LogP contribution in [0.4, 0.5) is 5.69 Å². The number of hydrogen-bond acceptors (Lipinski definition) is 2. The van der Waals surface area contributed by atoms with Gasteiger partial charge in [0.15, 0.2) is 0 Å². The van der Waals surface area contributed by atoms with Gasteiger partial charge in [-0.2, -0.15) is 0 Å². The predicted molar refractivity (Wildman–Crippen MR) is 93.0 cm³/mol. The summed E-state index contributed by atoms with van der Waals surface area (Å²) in [4.78, 5) is 12.0. The summed E-state index contributed by atoms with van der Waals surface area (Å²) in [5, 5.41) is 7.52. The number of carbonyl (C=O) groups excluding carboxylic acids is 1. The fourth-order valence-corrected chi connectivity index (χ4v) is 2.37. The third-order valence-corrected chi connectivity index (χ3v) is 3.96. The van der Waals surface area contributed by atoms with Crippen molar-refractivity contribution in [3.05, 3.63) is 63.1 Å². The fourth-order valence-electron chi connectivity index (χ4n) is 1.90. The van der Waals surface area contributed by atoms with E-state index in [1.807, 2.05) is 31.2 Å². The molecule has 0 spiro atoms. The number of halogens is 3. The van der Waals surface area contributed by atoms with E-state index < -0.39 is 0 Å². The van der Waals surface area contributed by atoms with Crippen molar-refractivity contribution in [3.63, 3.8) is 0 Å². The van der Waals surface area contributed by atoms with Gasteiger partial charge in [0, 0.05) is 16.1 Å². The lowest BCUT2D eigenvalue weighted by Gasteiger charge is -2.14. The molecule has 0 aliphatic rings. The number of rotatable bonds is 5. The Morgan fingerprint density at radius 1 is 1.05 bits per heavy atom. The van der Waals surface area contributed by atoms with Gasteiger partial charge < -0.3 is 10.6 Å². The molecule has 2 aromatic carbocycles. The van der Waals surface area contributed by atoms with Crippen molar-refractivity contribution in [2.24, 2.45) is 0 Å². The molecule has 1 atom stereocenters. The van der Waals surface area contributed by atoms with Gasteiger partial charge in [-0.1, -0.05) is 46.9 Å². The highest BCUT2D eigenvalue weighted by Gasteiger charge is 2.09. The molecular formula is C16H15Cl3N2O. The van der Waals surface area contributed by atoms with Gasteiger partial charge in [-0.05, 0) is 42.8 Å². The van der Waals surface area contributed by atoms with E-state index in [4.69, 9.17) is 34.8 Å². The van der Waals surface area contributed by atoms with Crippen molar-refractivity contribution in [1.82, 2.24) is 5.32 Å². The Morgan fingerprint density at radius 3 is 2.36 bits per heavy atom. The van der Waals surface area contributed by atoms with Crippen molar-refractivity contribution in [2.45, 2.75) is 13.0 Å². The smallest absolute Gasteiger partial charge is 0.238 e. The first-order valence-electron chi connectivity index (χ1n) is 6.69. The minimum absolute atomic E-state index is 0.0258. The second-order valence-corrected chi connectivity index (χ2v) is 6.11. The highest BCUT2D eigenvalue weighted by atomic mass is 35.5. The van der Waals surface area contributed by atoms with Crippen LogP contribution < -0.4 is 10.6 Å². The highest BCUT2D eigenvalue weighted by molar-refractivity contribution is 6.35. The molecular weight excluding hydrogens is 343 g/mol. The molecule has 2 rings (SSSR count). The quantitative estimate of drug-likeness (QED) is 0.796. The van der Waals surface area contributed by atoms with Crippen LogP contribution in [0.3, 0.4) is 0 Å². The van der Waals surface area contributed by atoms with Crippen LogP contribution in [0.1, 0.15) is 18.5 Å². The summed E-state index contributed by atoms with van der Waals surface area (Å²) in [6, 6.07) is 12.4. The van der Waals surface area contributed by atoms with E-state index in [0.717, 1.165) is 5.56 Å². The first-order valence-corrected chi connectivity index (χ1v) is 7.83. The molecule has 116 valence electrons. The van der Waals surface area contributed by atoms with Crippen LogP contribution in [-0.2, 0) is 4.79 Å². The Morgan fingerprint density at radius 2 is 1.68 bits per heavy atom. The zero-order chi connectivity index (χ0) is 16.1. The molecule has 22 heavy (non-hydrogen) atoms. The normalized spacial score (nSPS) is 12.0. The van der Waals surface area contributed by atoms with Crippen molar-refractivity contribution in [3.8, 4) is 0 Å². The molecule has 0 saturated carbocycles. The molecule has 0 aliphatic heterocycles. The average molecular weight is 358 g/mol. The average Bonchev–Trinajstić information content (AvgIpc) is 2.49. The second-order valence-electron chi connectivity index (χ2n) is 4.83. The molecule has 0 radical (unpaired) electrons. The third-order valence-electron chi connectivity index (χ3n) is 3.14. The Labute approximate surface area is 144 Å². The van der Waals surface area contributed by atoms with Crippen LogP contribution >= 0.6 is 34.8 Å². The predicted octanol–water partition coefficient (Wildman–Crippen LogP) is 4.94. The molecule has 2 aromatic rings. The molecule has 0 aromatic heterocycles. The van der Waals surface area contributed by atoms with E-state index in [1.165, 1.54) is 0 Å². The molecule has 2 N–H and O–H groups in total. The van der Waals surface area contributed by atoms with E-state index in [9.17, 15) is 4.79 Å². The van der Waals surface area contributed by atoms with Gasteiger partial charge >= 0.3 is 0 Å². The first kappa shape index (κ1) is 17.1. The lowest BCUT2D eigenvalue weighted by molar-refractivity contribution is -0.115. The van der Waals surface area contributed by atoms with Crippen molar-refractivity contribution >= 4 is 46.4 Å². The summed E-state index contributed by atoms with van der Waals surface area (Å²) in [6.45, 7) is 2.13. The summed E-state index contributed by atoms with van der Waals surface area (Å²) in [7, 11) is 0. The topological polar surface area (TPSA) is 41.1 Å². The number of hydrogen-bond donors (Lipinski definition) is 2. The Hall–Kier alpha value is -1.26. The summed E-state index contributed by atoms with van der Waals surface area (Å²) >= 11 is 17.7. The largest absolute Gasteiger partial charge is 0.324 e. The third kappa shape index (κ3) is 4.89. The van der Waals surface area contributed by atoms with Gasteiger partial charge in [-0.15, -0.1) is 0 Å². The summed E-state index contributed by atoms with van der Waals surface area (Å²) in [6.07, 6.45) is 0. The van der Waals surface area contributed by atoms with Crippen LogP contribution in [-0.4, -0.2) is 12.5 Å². The SMILES string of the molecule is C[C@@H](NCC(=O)Nc1cc(Cl)ccc1Cl)c1ccc(Cl)cc1. The van der Waals surface area contributed by atoms with Crippen molar-refractivity contribution < 1.29 is 4.79 Å². The highest BCUT2D eigenvalue weighted by Crippen LogP contribution is 2.25. The molecule has 1 amide bonds. The zero-order valence-electron chi connectivity index (χ0n) is 11.9. The minimum atomic E-state index is -0.190. The molecule has 0 fully saturated rings. The standard InChI is InChI=1S/C16H15Cl3N2O/c1-10(11-2-4-12(17)5-3-11)20-9-16(22)21-15-8-13(18)6-7-14(15)19/h2-8,10,20H,9H2,1H3,(H,21,22)/t10-/m1/s1. The van der Waals surface area contributed by atoms with Crippen LogP contribution in [0.25, 0.3) is 0 Å². The molecule has 0 bridgehead atoms. The van der Waals surface area contributed by atoms with Gasteiger partial charge in [0.05, 0.1) is 17.3 Å². The number of benzene rings is 2. The van der Waals surface area contributed by atoms with Crippen LogP contribution in [0, 0.1) is 0 Å². The summed E-state index contributed by atoms with van der Waals surface area (Å²) < 4.78 is 0. The molecule has 3 nitrogen and oxygen atoms in total. The van der Waals surface area contributed by atoms with E-state index in [-0.39, 0.29) is 18.5 Å². The number of nitrogens with one attached hydrogen (secondary N) is 2. The fraction of sp³-hybridized carbons (Fsp3) is 0.188. The van der Waals surface area contributed by atoms with E-state index in [0.29, 0.717) is 20.8 Å². The Bertz CT molecular complexity index is 659. The summed E-state index contributed by atoms with van der Waals surface area (Å²) in [5.74, 6) is -0.190. The molecule has 6 heteroatoms. The number of amides is 1. The lowest BCUT2D eigenvalue weighted by Crippen LogP contribution is -2.30. The molecule has 0 aliphatic carbocycles.